The van der Waals surface area contributed by atoms with E-state index in [0.717, 1.165) is 5.69 Å². The zero-order valence-electron chi connectivity index (χ0n) is 10.9. The molecule has 0 aliphatic carbocycles. The van der Waals surface area contributed by atoms with E-state index in [-0.39, 0.29) is 16.3 Å². The predicted molar refractivity (Wildman–Crippen MR) is 85.1 cm³/mol. The van der Waals surface area contributed by atoms with Crippen molar-refractivity contribution in [2.45, 2.75) is 17.6 Å². The molecular formula is C12H13Br2N3O2S. The molecule has 1 heterocycles. The van der Waals surface area contributed by atoms with E-state index in [0.29, 0.717) is 14.6 Å². The summed E-state index contributed by atoms with van der Waals surface area (Å²) in [6, 6.07) is 4.79. The van der Waals surface area contributed by atoms with Crippen molar-refractivity contribution in [1.82, 2.24) is 9.78 Å². The van der Waals surface area contributed by atoms with E-state index in [2.05, 4.69) is 37.0 Å². The first-order valence-electron chi connectivity index (χ1n) is 5.68. The first kappa shape index (κ1) is 15.5. The summed E-state index contributed by atoms with van der Waals surface area (Å²) < 4.78 is 28.0. The number of nitrogens with zero attached hydrogens (tertiary/aromatic N) is 2. The number of sulfone groups is 1. The summed E-state index contributed by atoms with van der Waals surface area (Å²) in [6.45, 7) is 1.81. The topological polar surface area (TPSA) is 78.0 Å². The minimum atomic E-state index is -3.54. The lowest BCUT2D eigenvalue weighted by Gasteiger charge is -2.09. The van der Waals surface area contributed by atoms with Crippen LogP contribution < -0.4 is 5.73 Å². The second kappa shape index (κ2) is 5.50. The molecule has 2 rings (SSSR count). The molecule has 5 nitrogen and oxygen atoms in total. The summed E-state index contributed by atoms with van der Waals surface area (Å²) in [5, 5.41) is 4.19. The normalized spacial score (nSPS) is 11.8. The van der Waals surface area contributed by atoms with Crippen LogP contribution in [0.1, 0.15) is 11.4 Å². The maximum atomic E-state index is 12.5. The highest BCUT2D eigenvalue weighted by atomic mass is 79.9. The fourth-order valence-corrected chi connectivity index (χ4v) is 4.63. The molecule has 20 heavy (non-hydrogen) atoms. The molecule has 8 heteroatoms. The van der Waals surface area contributed by atoms with Crippen LogP contribution >= 0.6 is 31.9 Å². The molecule has 1 aromatic carbocycles. The van der Waals surface area contributed by atoms with E-state index in [9.17, 15) is 8.42 Å². The Kier molecular flexibility index (Phi) is 4.27. The van der Waals surface area contributed by atoms with Gasteiger partial charge in [-0.1, -0.05) is 15.9 Å². The van der Waals surface area contributed by atoms with Crippen LogP contribution in [0.4, 0.5) is 5.69 Å². The number of aromatic nitrogens is 2. The summed E-state index contributed by atoms with van der Waals surface area (Å²) in [4.78, 5) is 0.123. The summed E-state index contributed by atoms with van der Waals surface area (Å²) >= 11 is 6.63. The van der Waals surface area contributed by atoms with Crippen LogP contribution in [0.5, 0.6) is 0 Å². The standard InChI is InChI=1S/C12H13Br2N3O2S/c1-7-12(14)10(17(2)16-7)6-20(18,19)11-5-8(13)3-4-9(11)15/h3-5H,6,15H2,1-2H3. The number of nitrogens with two attached hydrogens (primary N) is 1. The quantitative estimate of drug-likeness (QED) is 0.771. The lowest BCUT2D eigenvalue weighted by molar-refractivity contribution is 0.592. The van der Waals surface area contributed by atoms with E-state index < -0.39 is 9.84 Å². The molecule has 0 spiro atoms. The molecule has 0 saturated carbocycles. The Morgan fingerprint density at radius 2 is 2.00 bits per heavy atom. The molecule has 108 valence electrons. The van der Waals surface area contributed by atoms with Gasteiger partial charge in [0.25, 0.3) is 0 Å². The highest BCUT2D eigenvalue weighted by Gasteiger charge is 2.23. The van der Waals surface area contributed by atoms with Gasteiger partial charge in [-0.15, -0.1) is 0 Å². The third kappa shape index (κ3) is 2.91. The Morgan fingerprint density at radius 1 is 1.35 bits per heavy atom. The van der Waals surface area contributed by atoms with Crippen molar-refractivity contribution >= 4 is 47.4 Å². The van der Waals surface area contributed by atoms with Gasteiger partial charge in [0.2, 0.25) is 0 Å². The molecule has 0 radical (unpaired) electrons. The van der Waals surface area contributed by atoms with Crippen molar-refractivity contribution in [2.75, 3.05) is 5.73 Å². The Morgan fingerprint density at radius 3 is 2.55 bits per heavy atom. The van der Waals surface area contributed by atoms with Gasteiger partial charge >= 0.3 is 0 Å². The predicted octanol–water partition coefficient (Wildman–Crippen LogP) is 2.81. The second-order valence-corrected chi connectivity index (χ2v) is 8.08. The number of benzene rings is 1. The minimum absolute atomic E-state index is 0.123. The van der Waals surface area contributed by atoms with Crippen LogP contribution in [0.3, 0.4) is 0 Å². The van der Waals surface area contributed by atoms with Gasteiger partial charge in [-0.05, 0) is 41.1 Å². The van der Waals surface area contributed by atoms with Gasteiger partial charge in [0, 0.05) is 11.5 Å². The van der Waals surface area contributed by atoms with Crippen molar-refractivity contribution in [3.05, 3.63) is 38.5 Å². The van der Waals surface area contributed by atoms with Gasteiger partial charge in [0.15, 0.2) is 9.84 Å². The average Bonchev–Trinajstić information content (AvgIpc) is 2.59. The molecule has 0 aliphatic rings. The largest absolute Gasteiger partial charge is 0.398 e. The van der Waals surface area contributed by atoms with Crippen LogP contribution in [-0.4, -0.2) is 18.2 Å². The number of anilines is 1. The Labute approximate surface area is 134 Å². The van der Waals surface area contributed by atoms with Gasteiger partial charge in [0.1, 0.15) is 0 Å². The number of rotatable bonds is 3. The first-order valence-corrected chi connectivity index (χ1v) is 8.92. The molecule has 0 fully saturated rings. The van der Waals surface area contributed by atoms with Gasteiger partial charge in [-0.25, -0.2) is 8.42 Å². The lowest BCUT2D eigenvalue weighted by atomic mass is 10.3. The zero-order valence-corrected chi connectivity index (χ0v) is 14.9. The van der Waals surface area contributed by atoms with Gasteiger partial charge < -0.3 is 5.73 Å². The molecule has 0 bridgehead atoms. The van der Waals surface area contributed by atoms with E-state index >= 15 is 0 Å². The summed E-state index contributed by atoms with van der Waals surface area (Å²) in [6.07, 6.45) is 0. The van der Waals surface area contributed by atoms with Crippen molar-refractivity contribution in [3.8, 4) is 0 Å². The minimum Gasteiger partial charge on any atom is -0.398 e. The lowest BCUT2D eigenvalue weighted by Crippen LogP contribution is -2.11. The van der Waals surface area contributed by atoms with Gasteiger partial charge in [0.05, 0.1) is 32.2 Å². The molecule has 0 saturated heterocycles. The van der Waals surface area contributed by atoms with Crippen LogP contribution in [0.25, 0.3) is 0 Å². The molecular weight excluding hydrogens is 410 g/mol. The Balaban J connectivity index is 2.49. The van der Waals surface area contributed by atoms with E-state index in [1.165, 1.54) is 6.07 Å². The smallest absolute Gasteiger partial charge is 0.186 e. The van der Waals surface area contributed by atoms with Gasteiger partial charge in [-0.3, -0.25) is 4.68 Å². The summed E-state index contributed by atoms with van der Waals surface area (Å²) in [7, 11) is -1.83. The Bertz CT molecular complexity index is 769. The van der Waals surface area contributed by atoms with Crippen molar-refractivity contribution in [2.24, 2.45) is 7.05 Å². The number of halogens is 2. The molecule has 0 atom stereocenters. The zero-order chi connectivity index (χ0) is 15.1. The third-order valence-corrected chi connectivity index (χ3v) is 6.10. The molecule has 2 N–H and O–H groups in total. The van der Waals surface area contributed by atoms with E-state index in [4.69, 9.17) is 5.73 Å². The number of hydrogen-bond acceptors (Lipinski definition) is 4. The monoisotopic (exact) mass is 421 g/mol. The van der Waals surface area contributed by atoms with Crippen LogP contribution in [-0.2, 0) is 22.6 Å². The molecule has 0 aliphatic heterocycles. The summed E-state index contributed by atoms with van der Waals surface area (Å²) in [5.74, 6) is -0.161. The molecule has 2 aromatic rings. The van der Waals surface area contributed by atoms with Crippen LogP contribution in [0.15, 0.2) is 32.0 Å². The highest BCUT2D eigenvalue weighted by Crippen LogP contribution is 2.29. The second-order valence-electron chi connectivity index (χ2n) is 4.41. The van der Waals surface area contributed by atoms with Crippen molar-refractivity contribution < 1.29 is 8.42 Å². The van der Waals surface area contributed by atoms with Crippen molar-refractivity contribution in [3.63, 3.8) is 0 Å². The number of nitrogen functional groups attached to an aromatic ring is 1. The van der Waals surface area contributed by atoms with Crippen molar-refractivity contribution in [1.29, 1.82) is 0 Å². The highest BCUT2D eigenvalue weighted by molar-refractivity contribution is 9.10. The molecule has 0 unspecified atom stereocenters. The molecule has 0 amide bonds. The SMILES string of the molecule is Cc1nn(C)c(CS(=O)(=O)c2cc(Br)ccc2N)c1Br. The van der Waals surface area contributed by atoms with Crippen LogP contribution in [0, 0.1) is 6.92 Å². The fraction of sp³-hybridized carbons (Fsp3) is 0.250. The number of aryl methyl sites for hydroxylation is 2. The average molecular weight is 423 g/mol. The number of hydrogen-bond donors (Lipinski definition) is 1. The van der Waals surface area contributed by atoms with E-state index in [1.54, 1.807) is 23.9 Å². The maximum absolute atomic E-state index is 12.5. The van der Waals surface area contributed by atoms with Gasteiger partial charge in [-0.2, -0.15) is 5.10 Å². The van der Waals surface area contributed by atoms with E-state index in [1.807, 2.05) is 6.92 Å². The Hall–Kier alpha value is -0.860. The maximum Gasteiger partial charge on any atom is 0.186 e. The summed E-state index contributed by atoms with van der Waals surface area (Å²) in [5.41, 5.74) is 7.36. The fourth-order valence-electron chi connectivity index (χ4n) is 1.87. The first-order chi connectivity index (χ1) is 9.22. The van der Waals surface area contributed by atoms with Crippen LogP contribution in [0.2, 0.25) is 0 Å². The third-order valence-electron chi connectivity index (χ3n) is 2.90. The molecule has 1 aromatic heterocycles.